The minimum atomic E-state index is -2.68. The van der Waals surface area contributed by atoms with E-state index in [1.165, 1.54) is 17.3 Å². The number of halogens is 2. The van der Waals surface area contributed by atoms with E-state index in [1.54, 1.807) is 54.5 Å². The quantitative estimate of drug-likeness (QED) is 0.722. The van der Waals surface area contributed by atoms with Crippen LogP contribution >= 0.6 is 0 Å². The molecule has 0 atom stereocenters. The minimum Gasteiger partial charge on any atom is -0.334 e. The molecule has 1 aromatic carbocycles. The van der Waals surface area contributed by atoms with Crippen LogP contribution in [0, 0.1) is 0 Å². The highest BCUT2D eigenvalue weighted by atomic mass is 19.3. The standard InChI is InChI=1S/C16H15F2N5O/c1-21(11-14-19-8-10-22(14)16(17)18)15(24)12-3-5-13(6-4-12)23-9-2-7-20-23/h2-10,16H,11H2,1H3. The average Bonchev–Trinajstić information content (AvgIpc) is 3.26. The summed E-state index contributed by atoms with van der Waals surface area (Å²) in [7, 11) is 1.55. The monoisotopic (exact) mass is 331 g/mol. The number of imidazole rings is 1. The van der Waals surface area contributed by atoms with Gasteiger partial charge in [0.15, 0.2) is 0 Å². The summed E-state index contributed by atoms with van der Waals surface area (Å²) in [4.78, 5) is 17.7. The molecule has 0 fully saturated rings. The van der Waals surface area contributed by atoms with Crippen molar-refractivity contribution in [3.05, 3.63) is 66.5 Å². The van der Waals surface area contributed by atoms with Crippen LogP contribution in [0.4, 0.5) is 8.78 Å². The molecule has 0 aliphatic carbocycles. The fourth-order valence-corrected chi connectivity index (χ4v) is 2.33. The summed E-state index contributed by atoms with van der Waals surface area (Å²) < 4.78 is 28.1. The molecular weight excluding hydrogens is 316 g/mol. The fraction of sp³-hybridized carbons (Fsp3) is 0.188. The molecule has 8 heteroatoms. The van der Waals surface area contributed by atoms with Gasteiger partial charge in [-0.25, -0.2) is 9.67 Å². The number of rotatable bonds is 5. The lowest BCUT2D eigenvalue weighted by molar-refractivity contribution is 0.0612. The van der Waals surface area contributed by atoms with Crippen LogP contribution in [0.1, 0.15) is 22.7 Å². The molecule has 0 bridgehead atoms. The molecule has 6 nitrogen and oxygen atoms in total. The molecule has 124 valence electrons. The van der Waals surface area contributed by atoms with Crippen LogP contribution in [0.25, 0.3) is 5.69 Å². The van der Waals surface area contributed by atoms with Crippen molar-refractivity contribution in [2.24, 2.45) is 0 Å². The van der Waals surface area contributed by atoms with Crippen molar-refractivity contribution < 1.29 is 13.6 Å². The first-order chi connectivity index (χ1) is 11.6. The minimum absolute atomic E-state index is 0.00290. The Morgan fingerprint density at radius 2 is 1.96 bits per heavy atom. The first-order valence-electron chi connectivity index (χ1n) is 7.21. The molecule has 2 aromatic heterocycles. The normalized spacial score (nSPS) is 11.0. The van der Waals surface area contributed by atoms with Crippen molar-refractivity contribution in [1.29, 1.82) is 0 Å². The third kappa shape index (κ3) is 3.17. The van der Waals surface area contributed by atoms with Crippen molar-refractivity contribution in [3.63, 3.8) is 0 Å². The van der Waals surface area contributed by atoms with Crippen molar-refractivity contribution in [3.8, 4) is 5.69 Å². The van der Waals surface area contributed by atoms with Crippen molar-refractivity contribution in [2.75, 3.05) is 7.05 Å². The van der Waals surface area contributed by atoms with Gasteiger partial charge in [0.05, 0.1) is 12.2 Å². The number of hydrogen-bond donors (Lipinski definition) is 0. The van der Waals surface area contributed by atoms with Gasteiger partial charge in [-0.3, -0.25) is 9.36 Å². The highest BCUT2D eigenvalue weighted by Gasteiger charge is 2.17. The van der Waals surface area contributed by atoms with Crippen LogP contribution in [-0.2, 0) is 6.54 Å². The Hall–Kier alpha value is -3.03. The van der Waals surface area contributed by atoms with E-state index < -0.39 is 6.55 Å². The largest absolute Gasteiger partial charge is 0.334 e. The number of amides is 1. The van der Waals surface area contributed by atoms with Gasteiger partial charge in [-0.2, -0.15) is 13.9 Å². The zero-order valence-electron chi connectivity index (χ0n) is 12.9. The third-order valence-electron chi connectivity index (χ3n) is 3.57. The number of carbonyl (C=O) groups excluding carboxylic acids is 1. The van der Waals surface area contributed by atoms with Gasteiger partial charge < -0.3 is 4.90 Å². The van der Waals surface area contributed by atoms with Crippen LogP contribution in [0.5, 0.6) is 0 Å². The summed E-state index contributed by atoms with van der Waals surface area (Å²) in [6.07, 6.45) is 5.95. The van der Waals surface area contributed by atoms with Gasteiger partial charge in [-0.05, 0) is 30.3 Å². The van der Waals surface area contributed by atoms with Crippen molar-refractivity contribution in [1.82, 2.24) is 24.2 Å². The fourth-order valence-electron chi connectivity index (χ4n) is 2.33. The van der Waals surface area contributed by atoms with Gasteiger partial charge >= 0.3 is 6.55 Å². The van der Waals surface area contributed by atoms with E-state index in [4.69, 9.17) is 0 Å². The van der Waals surface area contributed by atoms with Crippen molar-refractivity contribution >= 4 is 5.91 Å². The van der Waals surface area contributed by atoms with Gasteiger partial charge in [0, 0.05) is 37.4 Å². The molecule has 0 N–H and O–H groups in total. The summed E-state index contributed by atoms with van der Waals surface area (Å²) in [5.41, 5.74) is 1.29. The maximum atomic E-state index is 12.8. The summed E-state index contributed by atoms with van der Waals surface area (Å²) in [5.74, 6) is -0.139. The van der Waals surface area contributed by atoms with Gasteiger partial charge in [0.1, 0.15) is 5.82 Å². The average molecular weight is 331 g/mol. The van der Waals surface area contributed by atoms with E-state index in [1.807, 2.05) is 0 Å². The topological polar surface area (TPSA) is 56.0 Å². The van der Waals surface area contributed by atoms with Gasteiger partial charge in [0.25, 0.3) is 5.91 Å². The molecule has 0 aliphatic heterocycles. The predicted octanol–water partition coefficient (Wildman–Crippen LogP) is 2.74. The van der Waals surface area contributed by atoms with Crippen molar-refractivity contribution in [2.45, 2.75) is 13.1 Å². The van der Waals surface area contributed by atoms with Crippen LogP contribution in [0.2, 0.25) is 0 Å². The first kappa shape index (κ1) is 15.9. The van der Waals surface area contributed by atoms with Crippen LogP contribution in [0.15, 0.2) is 55.1 Å². The van der Waals surface area contributed by atoms with Gasteiger partial charge in [-0.1, -0.05) is 0 Å². The highest BCUT2D eigenvalue weighted by molar-refractivity contribution is 5.94. The second-order valence-corrected chi connectivity index (χ2v) is 5.19. The number of nitrogens with zero attached hydrogens (tertiary/aromatic N) is 5. The lowest BCUT2D eigenvalue weighted by Crippen LogP contribution is -2.27. The van der Waals surface area contributed by atoms with Gasteiger partial charge in [0.2, 0.25) is 0 Å². The Morgan fingerprint density at radius 3 is 2.58 bits per heavy atom. The van der Waals surface area contributed by atoms with Gasteiger partial charge in [-0.15, -0.1) is 0 Å². The molecule has 0 aliphatic rings. The second kappa shape index (κ2) is 6.61. The molecule has 0 saturated heterocycles. The summed E-state index contributed by atoms with van der Waals surface area (Å²) in [6.45, 7) is -2.68. The zero-order valence-corrected chi connectivity index (χ0v) is 12.9. The van der Waals surface area contributed by atoms with E-state index in [0.717, 1.165) is 10.3 Å². The number of aromatic nitrogens is 4. The zero-order chi connectivity index (χ0) is 17.1. The molecule has 1 amide bonds. The Kier molecular flexibility index (Phi) is 4.37. The maximum absolute atomic E-state index is 12.8. The molecule has 3 rings (SSSR count). The molecule has 0 unspecified atom stereocenters. The van der Waals surface area contributed by atoms with Crippen LogP contribution in [0.3, 0.4) is 0 Å². The first-order valence-corrected chi connectivity index (χ1v) is 7.21. The SMILES string of the molecule is CN(Cc1nccn1C(F)F)C(=O)c1ccc(-n2cccn2)cc1. The Bertz CT molecular complexity index is 811. The second-order valence-electron chi connectivity index (χ2n) is 5.19. The Balaban J connectivity index is 1.72. The molecule has 2 heterocycles. The van der Waals surface area contributed by atoms with E-state index in [2.05, 4.69) is 10.1 Å². The van der Waals surface area contributed by atoms with E-state index in [9.17, 15) is 13.6 Å². The Morgan fingerprint density at radius 1 is 1.21 bits per heavy atom. The molecule has 0 radical (unpaired) electrons. The summed E-state index contributed by atoms with van der Waals surface area (Å²) in [5, 5.41) is 4.11. The van der Waals surface area contributed by atoms with Crippen LogP contribution < -0.4 is 0 Å². The maximum Gasteiger partial charge on any atom is 0.319 e. The smallest absolute Gasteiger partial charge is 0.319 e. The molecule has 0 spiro atoms. The Labute approximate surface area is 137 Å². The summed E-state index contributed by atoms with van der Waals surface area (Å²) >= 11 is 0. The number of carbonyl (C=O) groups is 1. The molecular formula is C16H15F2N5O. The van der Waals surface area contributed by atoms with Crippen LogP contribution in [-0.4, -0.2) is 37.2 Å². The predicted molar refractivity (Wildman–Crippen MR) is 82.8 cm³/mol. The molecule has 3 aromatic rings. The molecule has 0 saturated carbocycles. The van der Waals surface area contributed by atoms with E-state index in [0.29, 0.717) is 5.56 Å². The summed E-state index contributed by atoms with van der Waals surface area (Å²) in [6, 6.07) is 8.70. The lowest BCUT2D eigenvalue weighted by atomic mass is 10.2. The highest BCUT2D eigenvalue weighted by Crippen LogP contribution is 2.15. The number of hydrogen-bond acceptors (Lipinski definition) is 3. The third-order valence-corrected chi connectivity index (χ3v) is 3.57. The lowest BCUT2D eigenvalue weighted by Gasteiger charge is -2.18. The van der Waals surface area contributed by atoms with E-state index >= 15 is 0 Å². The van der Waals surface area contributed by atoms with E-state index in [-0.39, 0.29) is 18.3 Å². The number of benzene rings is 1. The molecule has 24 heavy (non-hydrogen) atoms. The number of alkyl halides is 2.